The maximum atomic E-state index is 2.31. The Bertz CT molecular complexity index is 1020. The van der Waals surface area contributed by atoms with Crippen molar-refractivity contribution >= 4 is 10.8 Å². The molecule has 0 fully saturated rings. The van der Waals surface area contributed by atoms with Crippen LogP contribution in [0, 0.1) is 0 Å². The van der Waals surface area contributed by atoms with Gasteiger partial charge in [0.15, 0.2) is 0 Å². The van der Waals surface area contributed by atoms with Gasteiger partial charge < -0.3 is 0 Å². The summed E-state index contributed by atoms with van der Waals surface area (Å²) in [4.78, 5) is 0. The van der Waals surface area contributed by atoms with Gasteiger partial charge in [0.05, 0.1) is 0 Å². The van der Waals surface area contributed by atoms with Crippen molar-refractivity contribution in [2.45, 2.75) is 12.3 Å². The quantitative estimate of drug-likeness (QED) is 0.414. The van der Waals surface area contributed by atoms with Crippen LogP contribution in [-0.2, 0) is 6.42 Å². The minimum Gasteiger partial charge on any atom is -0.0622 e. The van der Waals surface area contributed by atoms with Gasteiger partial charge >= 0.3 is 0 Å². The van der Waals surface area contributed by atoms with Gasteiger partial charge in [0, 0.05) is 5.92 Å². The molecule has 114 valence electrons. The first-order valence-corrected chi connectivity index (χ1v) is 8.57. The number of rotatable bonds is 2. The fourth-order valence-electron chi connectivity index (χ4n) is 4.20. The molecule has 1 atom stereocenters. The van der Waals surface area contributed by atoms with E-state index in [0.29, 0.717) is 5.92 Å². The third-order valence-electron chi connectivity index (χ3n) is 5.24. The second kappa shape index (κ2) is 5.35. The maximum absolute atomic E-state index is 2.31. The fraction of sp³-hybridized carbons (Fsp3) is 0.0833. The van der Waals surface area contributed by atoms with Gasteiger partial charge in [-0.2, -0.15) is 0 Å². The third-order valence-corrected chi connectivity index (χ3v) is 5.24. The topological polar surface area (TPSA) is 0 Å². The lowest BCUT2D eigenvalue weighted by molar-refractivity contribution is 0.850. The van der Waals surface area contributed by atoms with Crippen LogP contribution >= 0.6 is 0 Å². The van der Waals surface area contributed by atoms with Crippen molar-refractivity contribution < 1.29 is 0 Å². The summed E-state index contributed by atoms with van der Waals surface area (Å²) >= 11 is 0. The van der Waals surface area contributed by atoms with E-state index in [1.165, 1.54) is 38.6 Å². The summed E-state index contributed by atoms with van der Waals surface area (Å²) in [7, 11) is 0. The van der Waals surface area contributed by atoms with Gasteiger partial charge in [-0.1, -0.05) is 91.0 Å². The summed E-state index contributed by atoms with van der Waals surface area (Å²) < 4.78 is 0. The zero-order valence-corrected chi connectivity index (χ0v) is 13.4. The molecule has 0 heterocycles. The molecule has 4 aromatic carbocycles. The van der Waals surface area contributed by atoms with E-state index >= 15 is 0 Å². The molecule has 0 nitrogen and oxygen atoms in total. The predicted molar refractivity (Wildman–Crippen MR) is 101 cm³/mol. The Hall–Kier alpha value is -2.86. The van der Waals surface area contributed by atoms with Crippen molar-refractivity contribution in [3.8, 4) is 11.1 Å². The van der Waals surface area contributed by atoms with Gasteiger partial charge in [0.25, 0.3) is 0 Å². The lowest BCUT2D eigenvalue weighted by Gasteiger charge is -2.17. The molecule has 1 unspecified atom stereocenters. The maximum Gasteiger partial charge on any atom is 0.0142 e. The Morgan fingerprint density at radius 1 is 0.583 bits per heavy atom. The van der Waals surface area contributed by atoms with Gasteiger partial charge in [0.2, 0.25) is 0 Å². The molecular weight excluding hydrogens is 288 g/mol. The lowest BCUT2D eigenvalue weighted by Crippen LogP contribution is -2.01. The minimum atomic E-state index is 0.447. The molecule has 0 amide bonds. The van der Waals surface area contributed by atoms with Crippen LogP contribution in [0.2, 0.25) is 0 Å². The highest BCUT2D eigenvalue weighted by Gasteiger charge is 2.27. The van der Waals surface area contributed by atoms with Crippen molar-refractivity contribution in [1.82, 2.24) is 0 Å². The Morgan fingerprint density at radius 3 is 2.17 bits per heavy atom. The zero-order chi connectivity index (χ0) is 15.9. The summed E-state index contributed by atoms with van der Waals surface area (Å²) in [5.74, 6) is 0.447. The highest BCUT2D eigenvalue weighted by atomic mass is 14.3. The highest BCUT2D eigenvalue weighted by Crippen LogP contribution is 2.44. The molecule has 24 heavy (non-hydrogen) atoms. The molecule has 0 radical (unpaired) electrons. The van der Waals surface area contributed by atoms with Gasteiger partial charge in [-0.15, -0.1) is 0 Å². The van der Waals surface area contributed by atoms with Crippen LogP contribution in [0.15, 0.2) is 91.0 Å². The van der Waals surface area contributed by atoms with Crippen molar-refractivity contribution in [2.24, 2.45) is 0 Å². The van der Waals surface area contributed by atoms with Crippen LogP contribution in [0.1, 0.15) is 22.6 Å². The summed E-state index contributed by atoms with van der Waals surface area (Å²) in [5, 5.41) is 2.83. The Labute approximate surface area is 142 Å². The molecule has 0 aromatic heterocycles. The summed E-state index contributed by atoms with van der Waals surface area (Å²) in [5.41, 5.74) is 7.05. The van der Waals surface area contributed by atoms with E-state index in [4.69, 9.17) is 0 Å². The smallest absolute Gasteiger partial charge is 0.0142 e. The van der Waals surface area contributed by atoms with Crippen LogP contribution in [0.25, 0.3) is 21.9 Å². The number of benzene rings is 4. The molecule has 5 rings (SSSR count). The average Bonchev–Trinajstić information content (AvgIpc) is 3.03. The van der Waals surface area contributed by atoms with E-state index in [9.17, 15) is 0 Å². The number of hydrogen-bond acceptors (Lipinski definition) is 0. The standard InChI is InChI=1S/C24H18/c1-2-8-17(9-3-1)20-13-4-5-14-21(20)23-16-19-12-6-10-18-11-7-15-22(23)24(18)19/h1-15,23H,16H2. The van der Waals surface area contributed by atoms with Gasteiger partial charge in [-0.05, 0) is 45.0 Å². The van der Waals surface area contributed by atoms with E-state index in [2.05, 4.69) is 91.0 Å². The van der Waals surface area contributed by atoms with Crippen molar-refractivity contribution in [2.75, 3.05) is 0 Å². The van der Waals surface area contributed by atoms with E-state index in [1.807, 2.05) is 0 Å². The van der Waals surface area contributed by atoms with Crippen LogP contribution in [0.3, 0.4) is 0 Å². The largest absolute Gasteiger partial charge is 0.0622 e. The molecular formula is C24H18. The van der Waals surface area contributed by atoms with Gasteiger partial charge in [-0.25, -0.2) is 0 Å². The minimum absolute atomic E-state index is 0.447. The summed E-state index contributed by atoms with van der Waals surface area (Å²) in [6, 6.07) is 33.1. The highest BCUT2D eigenvalue weighted by molar-refractivity contribution is 5.92. The van der Waals surface area contributed by atoms with Gasteiger partial charge in [-0.3, -0.25) is 0 Å². The molecule has 4 aromatic rings. The summed E-state index contributed by atoms with van der Waals surface area (Å²) in [6.07, 6.45) is 1.10. The Morgan fingerprint density at radius 2 is 1.29 bits per heavy atom. The average molecular weight is 306 g/mol. The molecule has 0 N–H and O–H groups in total. The van der Waals surface area contributed by atoms with Crippen molar-refractivity contribution in [1.29, 1.82) is 0 Å². The first kappa shape index (κ1) is 13.6. The van der Waals surface area contributed by atoms with Gasteiger partial charge in [0.1, 0.15) is 0 Å². The first-order valence-electron chi connectivity index (χ1n) is 8.57. The van der Waals surface area contributed by atoms with Crippen LogP contribution in [-0.4, -0.2) is 0 Å². The monoisotopic (exact) mass is 306 g/mol. The molecule has 0 saturated heterocycles. The Balaban J connectivity index is 1.72. The van der Waals surface area contributed by atoms with E-state index in [0.717, 1.165) is 6.42 Å². The second-order valence-electron chi connectivity index (χ2n) is 6.57. The van der Waals surface area contributed by atoms with E-state index < -0.39 is 0 Å². The molecule has 1 aliphatic rings. The van der Waals surface area contributed by atoms with E-state index in [1.54, 1.807) is 0 Å². The summed E-state index contributed by atoms with van der Waals surface area (Å²) in [6.45, 7) is 0. The van der Waals surface area contributed by atoms with Crippen LogP contribution in [0.4, 0.5) is 0 Å². The van der Waals surface area contributed by atoms with Crippen LogP contribution in [0.5, 0.6) is 0 Å². The second-order valence-corrected chi connectivity index (χ2v) is 6.57. The lowest BCUT2D eigenvalue weighted by atomic mass is 9.86. The molecule has 0 bridgehead atoms. The van der Waals surface area contributed by atoms with Crippen LogP contribution < -0.4 is 0 Å². The molecule has 0 spiro atoms. The van der Waals surface area contributed by atoms with Crippen molar-refractivity contribution in [3.63, 3.8) is 0 Å². The zero-order valence-electron chi connectivity index (χ0n) is 13.4. The SMILES string of the molecule is c1ccc(-c2ccccc2C2Cc3cccc4cccc2c34)cc1. The van der Waals surface area contributed by atoms with Crippen molar-refractivity contribution in [3.05, 3.63) is 108 Å². The molecule has 0 heteroatoms. The number of hydrogen-bond donors (Lipinski definition) is 0. The normalized spacial score (nSPS) is 15.8. The fourth-order valence-corrected chi connectivity index (χ4v) is 4.20. The molecule has 0 saturated carbocycles. The Kier molecular flexibility index (Phi) is 3.02. The molecule has 1 aliphatic carbocycles. The third kappa shape index (κ3) is 2.00. The first-order chi connectivity index (χ1) is 11.9. The molecule has 0 aliphatic heterocycles. The van der Waals surface area contributed by atoms with E-state index in [-0.39, 0.29) is 0 Å². The predicted octanol–water partition coefficient (Wildman–Crippen LogP) is 6.19.